The summed E-state index contributed by atoms with van der Waals surface area (Å²) < 4.78 is 16.1. The standard InChI is InChI=1S/C27H35NO6/c1-5-23(33-26(30)22-15-14-20-10-7-8-11-21(20)18-22)12-9-13-24(19(3)4)34-27(31)28-16-17-32-25(29)6-2/h6-8,10-11,14-15,18-19,23-24H,2,5,9,12-13,16-17H2,1,3-4H3,(H,28,31). The molecule has 7 heteroatoms. The van der Waals surface area contributed by atoms with Crippen LogP contribution in [-0.4, -0.2) is 43.4 Å². The van der Waals surface area contributed by atoms with E-state index in [-0.39, 0.29) is 37.2 Å². The minimum atomic E-state index is -0.553. The molecule has 2 unspecified atom stereocenters. The predicted molar refractivity (Wildman–Crippen MR) is 132 cm³/mol. The largest absolute Gasteiger partial charge is 0.461 e. The molecule has 0 aromatic heterocycles. The average Bonchev–Trinajstić information content (AvgIpc) is 2.84. The van der Waals surface area contributed by atoms with Crippen LogP contribution < -0.4 is 5.32 Å². The average molecular weight is 470 g/mol. The van der Waals surface area contributed by atoms with E-state index >= 15 is 0 Å². The maximum Gasteiger partial charge on any atom is 0.407 e. The number of benzene rings is 2. The number of ether oxygens (including phenoxy) is 3. The molecule has 0 aliphatic heterocycles. The lowest BCUT2D eigenvalue weighted by atomic mass is 9.99. The lowest BCUT2D eigenvalue weighted by Gasteiger charge is -2.23. The van der Waals surface area contributed by atoms with Crippen LogP contribution in [0, 0.1) is 5.92 Å². The number of nitrogens with one attached hydrogen (secondary N) is 1. The maximum absolute atomic E-state index is 12.7. The molecular formula is C27H35NO6. The topological polar surface area (TPSA) is 90.9 Å². The van der Waals surface area contributed by atoms with Gasteiger partial charge < -0.3 is 19.5 Å². The summed E-state index contributed by atoms with van der Waals surface area (Å²) in [4.78, 5) is 35.7. The fraction of sp³-hybridized carbons (Fsp3) is 0.444. The van der Waals surface area contributed by atoms with Gasteiger partial charge in [-0.05, 0) is 54.5 Å². The Labute approximate surface area is 201 Å². The van der Waals surface area contributed by atoms with Crippen LogP contribution in [0.25, 0.3) is 10.8 Å². The summed E-state index contributed by atoms with van der Waals surface area (Å²) in [6.45, 7) is 9.48. The second-order valence-electron chi connectivity index (χ2n) is 8.41. The number of rotatable bonds is 13. The molecule has 7 nitrogen and oxygen atoms in total. The monoisotopic (exact) mass is 469 g/mol. The van der Waals surface area contributed by atoms with E-state index in [0.29, 0.717) is 24.8 Å². The van der Waals surface area contributed by atoms with Crippen LogP contribution in [0.2, 0.25) is 0 Å². The molecule has 0 aliphatic rings. The smallest absolute Gasteiger partial charge is 0.407 e. The molecule has 2 rings (SSSR count). The van der Waals surface area contributed by atoms with Crippen molar-refractivity contribution in [2.24, 2.45) is 5.92 Å². The zero-order chi connectivity index (χ0) is 24.9. The Bertz CT molecular complexity index is 971. The first-order chi connectivity index (χ1) is 16.3. The molecule has 0 saturated heterocycles. The summed E-state index contributed by atoms with van der Waals surface area (Å²) in [5.74, 6) is -0.739. The van der Waals surface area contributed by atoms with Gasteiger partial charge in [0.05, 0.1) is 12.1 Å². The van der Waals surface area contributed by atoms with Crippen molar-refractivity contribution >= 4 is 28.8 Å². The Morgan fingerprint density at radius 1 is 1.03 bits per heavy atom. The highest BCUT2D eigenvalue weighted by molar-refractivity contribution is 5.95. The highest BCUT2D eigenvalue weighted by Crippen LogP contribution is 2.20. The van der Waals surface area contributed by atoms with Gasteiger partial charge in [0.15, 0.2) is 0 Å². The number of carbonyl (C=O) groups is 3. The zero-order valence-electron chi connectivity index (χ0n) is 20.3. The number of hydrogen-bond donors (Lipinski definition) is 1. The van der Waals surface area contributed by atoms with Gasteiger partial charge in [-0.15, -0.1) is 0 Å². The van der Waals surface area contributed by atoms with E-state index in [2.05, 4.69) is 11.9 Å². The Morgan fingerprint density at radius 3 is 2.44 bits per heavy atom. The molecule has 34 heavy (non-hydrogen) atoms. The summed E-state index contributed by atoms with van der Waals surface area (Å²) in [5, 5.41) is 4.65. The van der Waals surface area contributed by atoms with Gasteiger partial charge in [-0.25, -0.2) is 14.4 Å². The fourth-order valence-electron chi connectivity index (χ4n) is 3.50. The van der Waals surface area contributed by atoms with Gasteiger partial charge in [-0.2, -0.15) is 0 Å². The van der Waals surface area contributed by atoms with Gasteiger partial charge in [-0.1, -0.05) is 57.7 Å². The van der Waals surface area contributed by atoms with Crippen molar-refractivity contribution in [1.82, 2.24) is 5.32 Å². The first-order valence-corrected chi connectivity index (χ1v) is 11.8. The normalized spacial score (nSPS) is 12.6. The minimum absolute atomic E-state index is 0.0487. The Hall–Kier alpha value is -3.35. The first kappa shape index (κ1) is 26.9. The van der Waals surface area contributed by atoms with Gasteiger partial charge >= 0.3 is 18.0 Å². The van der Waals surface area contributed by atoms with Crippen molar-refractivity contribution in [2.45, 2.75) is 58.7 Å². The molecule has 0 heterocycles. The van der Waals surface area contributed by atoms with Gasteiger partial charge in [0.1, 0.15) is 18.8 Å². The third kappa shape index (κ3) is 8.89. The lowest BCUT2D eigenvalue weighted by molar-refractivity contribution is -0.137. The van der Waals surface area contributed by atoms with Gasteiger partial charge in [0, 0.05) is 6.08 Å². The summed E-state index contributed by atoms with van der Waals surface area (Å²) in [7, 11) is 0. The quantitative estimate of drug-likeness (QED) is 0.182. The number of hydrogen-bond acceptors (Lipinski definition) is 6. The van der Waals surface area contributed by atoms with Gasteiger partial charge in [-0.3, -0.25) is 0 Å². The highest BCUT2D eigenvalue weighted by Gasteiger charge is 2.20. The number of alkyl carbamates (subject to hydrolysis) is 1. The van der Waals surface area contributed by atoms with Crippen molar-refractivity contribution in [2.75, 3.05) is 13.2 Å². The van der Waals surface area contributed by atoms with E-state index in [0.717, 1.165) is 23.3 Å². The third-order valence-corrected chi connectivity index (χ3v) is 5.51. The number of amides is 1. The molecular weight excluding hydrogens is 434 g/mol. The molecule has 0 aliphatic carbocycles. The van der Waals surface area contributed by atoms with E-state index in [1.165, 1.54) is 0 Å². The molecule has 1 amide bonds. The van der Waals surface area contributed by atoms with E-state index in [4.69, 9.17) is 14.2 Å². The Balaban J connectivity index is 1.79. The molecule has 2 atom stereocenters. The van der Waals surface area contributed by atoms with Crippen LogP contribution in [0.5, 0.6) is 0 Å². The minimum Gasteiger partial charge on any atom is -0.461 e. The van der Waals surface area contributed by atoms with Crippen molar-refractivity contribution in [3.8, 4) is 0 Å². The second-order valence-corrected chi connectivity index (χ2v) is 8.41. The van der Waals surface area contributed by atoms with Crippen LogP contribution in [-0.2, 0) is 19.0 Å². The van der Waals surface area contributed by atoms with Crippen LogP contribution >= 0.6 is 0 Å². The van der Waals surface area contributed by atoms with Gasteiger partial charge in [0.25, 0.3) is 0 Å². The lowest BCUT2D eigenvalue weighted by Crippen LogP contribution is -2.33. The Kier molecular flexibility index (Phi) is 11.1. The molecule has 0 radical (unpaired) electrons. The van der Waals surface area contributed by atoms with E-state index in [9.17, 15) is 14.4 Å². The molecule has 2 aromatic carbocycles. The molecule has 0 saturated carbocycles. The van der Waals surface area contributed by atoms with E-state index in [1.807, 2.05) is 57.2 Å². The summed E-state index contributed by atoms with van der Waals surface area (Å²) >= 11 is 0. The first-order valence-electron chi connectivity index (χ1n) is 11.8. The van der Waals surface area contributed by atoms with Crippen molar-refractivity contribution in [3.63, 3.8) is 0 Å². The van der Waals surface area contributed by atoms with Gasteiger partial charge in [0.2, 0.25) is 0 Å². The van der Waals surface area contributed by atoms with Crippen LogP contribution in [0.3, 0.4) is 0 Å². The zero-order valence-corrected chi connectivity index (χ0v) is 20.3. The molecule has 0 spiro atoms. The number of fused-ring (bicyclic) bond motifs is 1. The molecule has 2 aromatic rings. The highest BCUT2D eigenvalue weighted by atomic mass is 16.6. The van der Waals surface area contributed by atoms with Crippen molar-refractivity contribution in [1.29, 1.82) is 0 Å². The number of esters is 2. The molecule has 0 bridgehead atoms. The fourth-order valence-corrected chi connectivity index (χ4v) is 3.50. The summed E-state index contributed by atoms with van der Waals surface area (Å²) in [5.41, 5.74) is 0.538. The van der Waals surface area contributed by atoms with Crippen LogP contribution in [0.4, 0.5) is 4.79 Å². The van der Waals surface area contributed by atoms with Crippen molar-refractivity contribution < 1.29 is 28.6 Å². The second kappa shape index (κ2) is 14.0. The molecule has 0 fully saturated rings. The van der Waals surface area contributed by atoms with Crippen molar-refractivity contribution in [3.05, 3.63) is 60.7 Å². The predicted octanol–water partition coefficient (Wildman–Crippen LogP) is 5.43. The summed E-state index contributed by atoms with van der Waals surface area (Å²) in [6, 6.07) is 13.4. The van der Waals surface area contributed by atoms with Crippen LogP contribution in [0.1, 0.15) is 56.8 Å². The van der Waals surface area contributed by atoms with E-state index < -0.39 is 12.1 Å². The summed E-state index contributed by atoms with van der Waals surface area (Å²) in [6.07, 6.45) is 2.82. The maximum atomic E-state index is 12.7. The third-order valence-electron chi connectivity index (χ3n) is 5.51. The van der Waals surface area contributed by atoms with E-state index in [1.54, 1.807) is 6.07 Å². The Morgan fingerprint density at radius 2 is 1.76 bits per heavy atom. The number of carbonyl (C=O) groups excluding carboxylic acids is 3. The SMILES string of the molecule is C=CC(=O)OCCNC(=O)OC(CCCC(CC)OC(=O)c1ccc2ccccc2c1)C(C)C. The van der Waals surface area contributed by atoms with Crippen LogP contribution in [0.15, 0.2) is 55.1 Å². The molecule has 1 N–H and O–H groups in total. The molecule has 184 valence electrons.